The van der Waals surface area contributed by atoms with Crippen LogP contribution in [0.15, 0.2) is 134 Å². The molecule has 0 saturated heterocycles. The molecule has 0 heterocycles. The summed E-state index contributed by atoms with van der Waals surface area (Å²) in [6, 6.07) is 0. The summed E-state index contributed by atoms with van der Waals surface area (Å²) in [5.41, 5.74) is 0. The van der Waals surface area contributed by atoms with Crippen molar-refractivity contribution in [1.82, 2.24) is 0 Å². The van der Waals surface area contributed by atoms with Crippen molar-refractivity contribution in [3.8, 4) is 0 Å². The first-order valence-corrected chi connectivity index (χ1v) is 27.3. The van der Waals surface area contributed by atoms with Crippen LogP contribution in [0.25, 0.3) is 0 Å². The summed E-state index contributed by atoms with van der Waals surface area (Å²) in [6.07, 6.45) is 71.1. The lowest BCUT2D eigenvalue weighted by atomic mass is 10.1. The van der Waals surface area contributed by atoms with E-state index in [-0.39, 0.29) is 38.6 Å². The van der Waals surface area contributed by atoms with E-state index >= 15 is 0 Å². The Bertz CT molecular complexity index is 1620. The molecule has 0 rings (SSSR count). The van der Waals surface area contributed by atoms with E-state index in [9.17, 15) is 19.5 Å². The van der Waals surface area contributed by atoms with Crippen LogP contribution in [0.1, 0.15) is 181 Å². The van der Waals surface area contributed by atoms with Gasteiger partial charge in [-0.15, -0.1) is 0 Å². The highest BCUT2D eigenvalue weighted by molar-refractivity contribution is 5.71. The van der Waals surface area contributed by atoms with Crippen LogP contribution in [0.5, 0.6) is 0 Å². The van der Waals surface area contributed by atoms with Gasteiger partial charge in [-0.3, -0.25) is 9.59 Å². The Morgan fingerprint density at radius 3 is 1.14 bits per heavy atom. The topological polar surface area (TPSA) is 108 Å². The van der Waals surface area contributed by atoms with Crippen molar-refractivity contribution < 1.29 is 42.9 Å². The maximum Gasteiger partial charge on any atom is 0.361 e. The van der Waals surface area contributed by atoms with E-state index in [0.29, 0.717) is 23.9 Å². The minimum absolute atomic E-state index is 0.173. The lowest BCUT2D eigenvalue weighted by molar-refractivity contribution is -0.870. The molecular formula is C62H100NO8+. The number of likely N-dealkylation sites (N-methyl/N-ethyl adjacent to an activating group) is 1. The van der Waals surface area contributed by atoms with Gasteiger partial charge in [0.25, 0.3) is 6.29 Å². The predicted molar refractivity (Wildman–Crippen MR) is 299 cm³/mol. The van der Waals surface area contributed by atoms with Crippen molar-refractivity contribution in [3.05, 3.63) is 134 Å². The fourth-order valence-corrected chi connectivity index (χ4v) is 6.75. The molecule has 2 unspecified atom stereocenters. The van der Waals surface area contributed by atoms with Crippen molar-refractivity contribution in [2.75, 3.05) is 47.5 Å². The largest absolute Gasteiger partial charge is 0.477 e. The molecule has 0 aliphatic heterocycles. The van der Waals surface area contributed by atoms with E-state index in [1.807, 2.05) is 21.1 Å². The number of carbonyl (C=O) groups excluding carboxylic acids is 2. The molecule has 0 aliphatic rings. The van der Waals surface area contributed by atoms with E-state index in [4.69, 9.17) is 18.9 Å². The van der Waals surface area contributed by atoms with Crippen LogP contribution >= 0.6 is 0 Å². The van der Waals surface area contributed by atoms with Gasteiger partial charge >= 0.3 is 17.9 Å². The van der Waals surface area contributed by atoms with Gasteiger partial charge in [-0.05, 0) is 109 Å². The maximum absolute atomic E-state index is 12.8. The molecule has 9 nitrogen and oxygen atoms in total. The quantitative estimate of drug-likeness (QED) is 0.0211. The Morgan fingerprint density at radius 1 is 0.423 bits per heavy atom. The van der Waals surface area contributed by atoms with Crippen LogP contribution in [0.4, 0.5) is 0 Å². The van der Waals surface area contributed by atoms with Crippen molar-refractivity contribution in [3.63, 3.8) is 0 Å². The highest BCUT2D eigenvalue weighted by Gasteiger charge is 2.25. The number of nitrogens with zero attached hydrogens (tertiary/aromatic N) is 1. The van der Waals surface area contributed by atoms with E-state index in [2.05, 4.69) is 148 Å². The first kappa shape index (κ1) is 66.4. The number of carboxylic acid groups (broad SMARTS) is 1. The van der Waals surface area contributed by atoms with Gasteiger partial charge in [0.1, 0.15) is 13.2 Å². The molecule has 9 heteroatoms. The second-order valence-electron chi connectivity index (χ2n) is 18.8. The van der Waals surface area contributed by atoms with Gasteiger partial charge in [0.2, 0.25) is 0 Å². The van der Waals surface area contributed by atoms with E-state index in [0.717, 1.165) is 116 Å². The highest BCUT2D eigenvalue weighted by Crippen LogP contribution is 2.13. The maximum atomic E-state index is 12.8. The molecule has 0 radical (unpaired) electrons. The number of carbonyl (C=O) groups is 3. The number of esters is 2. The molecule has 400 valence electrons. The number of carboxylic acids is 1. The van der Waals surface area contributed by atoms with Crippen LogP contribution in [0, 0.1) is 0 Å². The number of aliphatic carboxylic acids is 1. The third-order valence-electron chi connectivity index (χ3n) is 10.9. The third-order valence-corrected chi connectivity index (χ3v) is 10.9. The molecular weight excluding hydrogens is 887 g/mol. The summed E-state index contributed by atoms with van der Waals surface area (Å²) >= 11 is 0. The van der Waals surface area contributed by atoms with Crippen LogP contribution in [0.3, 0.4) is 0 Å². The van der Waals surface area contributed by atoms with Crippen LogP contribution in [0.2, 0.25) is 0 Å². The summed E-state index contributed by atoms with van der Waals surface area (Å²) in [5.74, 6) is -2.08. The van der Waals surface area contributed by atoms with Gasteiger partial charge < -0.3 is 28.5 Å². The number of hydrogen-bond donors (Lipinski definition) is 1. The van der Waals surface area contributed by atoms with Crippen molar-refractivity contribution in [2.45, 2.75) is 193 Å². The number of allylic oxidation sites excluding steroid dienone is 22. The van der Waals surface area contributed by atoms with Gasteiger partial charge in [0.05, 0.1) is 34.4 Å². The molecule has 0 bridgehead atoms. The van der Waals surface area contributed by atoms with Crippen LogP contribution in [-0.2, 0) is 33.3 Å². The summed E-state index contributed by atoms with van der Waals surface area (Å²) in [7, 11) is 5.94. The van der Waals surface area contributed by atoms with Crippen molar-refractivity contribution in [2.24, 2.45) is 0 Å². The minimum atomic E-state index is -1.53. The van der Waals surface area contributed by atoms with Gasteiger partial charge in [-0.2, -0.15) is 0 Å². The van der Waals surface area contributed by atoms with Crippen molar-refractivity contribution >= 4 is 17.9 Å². The Hall–Kier alpha value is -4.57. The fraction of sp³-hybridized carbons (Fsp3) is 0.597. The molecule has 0 aromatic rings. The molecule has 0 saturated carbocycles. The number of rotatable bonds is 48. The lowest BCUT2D eigenvalue weighted by Gasteiger charge is -2.25. The zero-order valence-corrected chi connectivity index (χ0v) is 45.3. The highest BCUT2D eigenvalue weighted by atomic mass is 16.7. The van der Waals surface area contributed by atoms with Crippen LogP contribution in [-0.4, -0.2) is 87.4 Å². The molecule has 0 spiro atoms. The Labute approximate surface area is 433 Å². The monoisotopic (exact) mass is 987 g/mol. The lowest BCUT2D eigenvalue weighted by Crippen LogP contribution is -2.40. The van der Waals surface area contributed by atoms with Gasteiger partial charge in [-0.25, -0.2) is 4.79 Å². The molecule has 1 N–H and O–H groups in total. The summed E-state index contributed by atoms with van der Waals surface area (Å²) in [5, 5.41) is 9.67. The van der Waals surface area contributed by atoms with Crippen molar-refractivity contribution in [1.29, 1.82) is 0 Å². The van der Waals surface area contributed by atoms with E-state index in [1.54, 1.807) is 0 Å². The Morgan fingerprint density at radius 2 is 0.761 bits per heavy atom. The van der Waals surface area contributed by atoms with E-state index in [1.165, 1.54) is 25.7 Å². The Kier molecular flexibility index (Phi) is 48.4. The van der Waals surface area contributed by atoms with Gasteiger partial charge in [0.15, 0.2) is 6.10 Å². The van der Waals surface area contributed by atoms with Gasteiger partial charge in [0, 0.05) is 12.8 Å². The summed E-state index contributed by atoms with van der Waals surface area (Å²) < 4.78 is 22.7. The van der Waals surface area contributed by atoms with Gasteiger partial charge in [-0.1, -0.05) is 192 Å². The second kappa shape index (κ2) is 51.8. The molecule has 0 aromatic carbocycles. The minimum Gasteiger partial charge on any atom is -0.477 e. The number of ether oxygens (including phenoxy) is 4. The first-order valence-electron chi connectivity index (χ1n) is 27.3. The SMILES string of the molecule is CC/C=C\C/C=C\C/C=C\C/C=C\C/C=C\C/C=C\C/C=C\C/C=C\CCCCCCCCCCC(=O)OC(COC(=O)CCCCC/C=C\C/C=C\C/C=C\CC)COC(OCC[N+](C)(C)C)C(=O)O. The third kappa shape index (κ3) is 53.1. The zero-order valence-electron chi connectivity index (χ0n) is 45.3. The van der Waals surface area contributed by atoms with E-state index < -0.39 is 24.3 Å². The smallest absolute Gasteiger partial charge is 0.361 e. The van der Waals surface area contributed by atoms with Crippen LogP contribution < -0.4 is 0 Å². The molecule has 0 aromatic heterocycles. The molecule has 71 heavy (non-hydrogen) atoms. The molecule has 0 amide bonds. The Balaban J connectivity index is 4.28. The molecule has 2 atom stereocenters. The summed E-state index contributed by atoms with van der Waals surface area (Å²) in [6.45, 7) is 4.57. The average molecular weight is 987 g/mol. The zero-order chi connectivity index (χ0) is 52.0. The summed E-state index contributed by atoms with van der Waals surface area (Å²) in [4.78, 5) is 37.3. The molecule has 0 fully saturated rings. The second-order valence-corrected chi connectivity index (χ2v) is 18.8. The number of quaternary nitrogens is 1. The predicted octanol–water partition coefficient (Wildman–Crippen LogP) is 15.9. The molecule has 0 aliphatic carbocycles. The average Bonchev–Trinajstić information content (AvgIpc) is 3.34. The standard InChI is InChI=1S/C62H99NO8/c1-6-8-10-12-14-16-18-20-21-22-23-24-25-26-27-28-29-30-31-32-33-34-35-36-37-38-39-41-43-45-47-49-51-53-60(65)71-58(57-70-62(61(66)67)68-55-54-63(3,4)5)56-69-59(64)52-50-48-46-44-42-40-19-17-15-13-11-9-7-2/h8-11,14-17,20-21,23-24,26-27,29-30,32-33,35-36,40,42,58,62H,6-7,12-13,18-19,22,25,28,31,34,37-39,41,43-57H2,1-5H3/p+1/b10-8-,11-9-,16-14-,17-15-,21-20-,24-23-,27-26-,30-29-,33-32-,36-35-,42-40-. The normalized spacial score (nSPS) is 13.9. The number of hydrogen-bond acceptors (Lipinski definition) is 7. The first-order chi connectivity index (χ1) is 34.6. The number of unbranched alkanes of at least 4 members (excludes halogenated alkanes) is 11. The fourth-order valence-electron chi connectivity index (χ4n) is 6.75.